The lowest BCUT2D eigenvalue weighted by atomic mass is 9.82. The summed E-state index contributed by atoms with van der Waals surface area (Å²) in [7, 11) is 1.47. The number of nitrogens with one attached hydrogen (secondary N) is 2. The third kappa shape index (κ3) is 7.25. The van der Waals surface area contributed by atoms with Crippen LogP contribution in [-0.2, 0) is 4.79 Å². The van der Waals surface area contributed by atoms with E-state index in [1.54, 1.807) is 30.6 Å². The van der Waals surface area contributed by atoms with E-state index in [1.807, 2.05) is 91.0 Å². The average Bonchev–Trinajstić information content (AvgIpc) is 3.05. The number of methoxy groups -OCH3 is 1. The third-order valence-electron chi connectivity index (χ3n) is 7.02. The van der Waals surface area contributed by atoms with Gasteiger partial charge < -0.3 is 25.6 Å². The first-order valence-electron chi connectivity index (χ1n) is 13.8. The van der Waals surface area contributed by atoms with Crippen LogP contribution >= 0.6 is 0 Å². The number of ether oxygens (including phenoxy) is 1. The number of aliphatic hydroxyl groups excluding tert-OH is 1. The largest absolute Gasteiger partial charge is 0.504 e. The van der Waals surface area contributed by atoms with E-state index in [0.717, 1.165) is 11.1 Å². The fourth-order valence-electron chi connectivity index (χ4n) is 4.94. The van der Waals surface area contributed by atoms with Crippen LogP contribution in [0.2, 0.25) is 0 Å². The van der Waals surface area contributed by atoms with Crippen molar-refractivity contribution in [2.24, 2.45) is 0 Å². The molecule has 0 saturated carbocycles. The minimum atomic E-state index is -0.939. The molecule has 0 bridgehead atoms. The summed E-state index contributed by atoms with van der Waals surface area (Å²) >= 11 is 0. The minimum absolute atomic E-state index is 0.0182. The van der Waals surface area contributed by atoms with Crippen molar-refractivity contribution < 1.29 is 19.7 Å². The zero-order valence-electron chi connectivity index (χ0n) is 23.5. The number of aromatic nitrogens is 2. The zero-order valence-corrected chi connectivity index (χ0v) is 23.5. The Balaban J connectivity index is 1.53. The maximum atomic E-state index is 13.2. The number of carbonyl (C=O) groups is 1. The van der Waals surface area contributed by atoms with Gasteiger partial charge in [0.15, 0.2) is 11.5 Å². The van der Waals surface area contributed by atoms with Crippen LogP contribution in [0.3, 0.4) is 0 Å². The molecule has 0 aliphatic heterocycles. The van der Waals surface area contributed by atoms with Crippen molar-refractivity contribution in [1.29, 1.82) is 0 Å². The van der Waals surface area contributed by atoms with Crippen LogP contribution in [0.1, 0.15) is 40.4 Å². The smallest absolute Gasteiger partial charge is 0.248 e. The molecule has 1 amide bonds. The van der Waals surface area contributed by atoms with Crippen LogP contribution < -0.4 is 15.4 Å². The lowest BCUT2D eigenvalue weighted by Crippen LogP contribution is -2.27. The third-order valence-corrected chi connectivity index (χ3v) is 7.02. The van der Waals surface area contributed by atoms with Gasteiger partial charge in [0, 0.05) is 29.9 Å². The van der Waals surface area contributed by atoms with E-state index in [4.69, 9.17) is 4.74 Å². The van der Waals surface area contributed by atoms with Gasteiger partial charge >= 0.3 is 0 Å². The summed E-state index contributed by atoms with van der Waals surface area (Å²) in [6.07, 6.45) is 5.51. The molecule has 0 saturated heterocycles. The molecule has 0 unspecified atom stereocenters. The van der Waals surface area contributed by atoms with Crippen molar-refractivity contribution in [3.05, 3.63) is 150 Å². The monoisotopic (exact) mass is 572 g/mol. The molecule has 3 aromatic carbocycles. The number of pyridine rings is 2. The number of aromatic hydroxyl groups is 1. The van der Waals surface area contributed by atoms with Crippen LogP contribution in [0, 0.1) is 0 Å². The molecular weight excluding hydrogens is 540 g/mol. The topological polar surface area (TPSA) is 117 Å². The normalized spacial score (nSPS) is 13.2. The molecule has 3 atom stereocenters. The maximum absolute atomic E-state index is 13.2. The van der Waals surface area contributed by atoms with Crippen molar-refractivity contribution >= 4 is 23.5 Å². The van der Waals surface area contributed by atoms with Crippen LogP contribution in [0.25, 0.3) is 6.08 Å². The number of rotatable bonds is 11. The summed E-state index contributed by atoms with van der Waals surface area (Å²) in [5, 5.41) is 28.3. The highest BCUT2D eigenvalue weighted by Crippen LogP contribution is 2.43. The molecule has 216 valence electrons. The Bertz CT molecular complexity index is 1660. The van der Waals surface area contributed by atoms with Crippen molar-refractivity contribution in [2.45, 2.75) is 18.1 Å². The summed E-state index contributed by atoms with van der Waals surface area (Å²) < 4.78 is 5.17. The predicted molar refractivity (Wildman–Crippen MR) is 168 cm³/mol. The van der Waals surface area contributed by atoms with E-state index in [2.05, 4.69) is 20.6 Å². The van der Waals surface area contributed by atoms with Crippen molar-refractivity contribution in [3.63, 3.8) is 0 Å². The molecule has 4 N–H and O–H groups in total. The number of para-hydroxylation sites is 1. The van der Waals surface area contributed by atoms with Gasteiger partial charge in [-0.15, -0.1) is 0 Å². The number of carbonyl (C=O) groups excluding carboxylic acids is 1. The SMILES string of the molecule is COc1cc(/C=C/C(=O)Nc2ccccc2[C@@H](Nc2ccccn2)[C@H](c2ccccn2)[C@H](O)c2ccccc2)ccc1O. The molecular formula is C35H32N4O4. The van der Waals surface area contributed by atoms with E-state index in [1.165, 1.54) is 19.3 Å². The van der Waals surface area contributed by atoms with Crippen LogP contribution in [-0.4, -0.2) is 33.2 Å². The Morgan fingerprint density at radius 3 is 2.30 bits per heavy atom. The van der Waals surface area contributed by atoms with Crippen molar-refractivity contribution in [1.82, 2.24) is 9.97 Å². The van der Waals surface area contributed by atoms with Crippen LogP contribution in [0.5, 0.6) is 11.5 Å². The van der Waals surface area contributed by atoms with E-state index >= 15 is 0 Å². The number of aliphatic hydroxyl groups is 1. The number of benzene rings is 3. The Hall–Kier alpha value is -5.47. The van der Waals surface area contributed by atoms with Gasteiger partial charge in [0.1, 0.15) is 5.82 Å². The van der Waals surface area contributed by atoms with E-state index in [-0.39, 0.29) is 11.7 Å². The molecule has 0 spiro atoms. The predicted octanol–water partition coefficient (Wildman–Crippen LogP) is 6.51. The molecule has 5 rings (SSSR count). The number of nitrogens with zero attached hydrogens (tertiary/aromatic N) is 2. The molecule has 0 radical (unpaired) electrons. The quantitative estimate of drug-likeness (QED) is 0.133. The molecule has 0 aliphatic carbocycles. The molecule has 0 aliphatic rings. The molecule has 2 aromatic heterocycles. The second-order valence-electron chi connectivity index (χ2n) is 9.81. The first-order chi connectivity index (χ1) is 21.0. The lowest BCUT2D eigenvalue weighted by Gasteiger charge is -2.33. The van der Waals surface area contributed by atoms with E-state index in [9.17, 15) is 15.0 Å². The van der Waals surface area contributed by atoms with Gasteiger partial charge in [-0.2, -0.15) is 0 Å². The molecule has 5 aromatic rings. The molecule has 0 fully saturated rings. The fraction of sp³-hybridized carbons (Fsp3) is 0.114. The van der Waals surface area contributed by atoms with Gasteiger partial charge in [-0.3, -0.25) is 9.78 Å². The standard InChI is InChI=1S/C35H32N4O4/c1-43-30-23-24(17-19-29(30)40)18-20-32(41)38-27-14-6-5-13-26(27)34(39-31-16-8-10-22-37-31)33(28-15-7-9-21-36-28)35(42)25-11-3-2-4-12-25/h2-23,33-35,40,42H,1H3,(H,37,39)(H,38,41)/b20-18+/t33-,34+,35+/m0/s1. The average molecular weight is 573 g/mol. The zero-order chi connectivity index (χ0) is 30.0. The highest BCUT2D eigenvalue weighted by molar-refractivity contribution is 6.02. The molecule has 43 heavy (non-hydrogen) atoms. The summed E-state index contributed by atoms with van der Waals surface area (Å²) in [4.78, 5) is 22.3. The van der Waals surface area contributed by atoms with E-state index in [0.29, 0.717) is 28.5 Å². The minimum Gasteiger partial charge on any atom is -0.504 e. The van der Waals surface area contributed by atoms with Crippen molar-refractivity contribution in [3.8, 4) is 11.5 Å². The first kappa shape index (κ1) is 29.0. The Kier molecular flexibility index (Phi) is 9.41. The summed E-state index contributed by atoms with van der Waals surface area (Å²) in [6, 6.07) is 32.4. The Morgan fingerprint density at radius 1 is 0.860 bits per heavy atom. The number of phenolic OH excluding ortho intramolecular Hbond substituents is 1. The number of amides is 1. The van der Waals surface area contributed by atoms with Gasteiger partial charge in [-0.25, -0.2) is 4.98 Å². The fourth-order valence-corrected chi connectivity index (χ4v) is 4.94. The van der Waals surface area contributed by atoms with Gasteiger partial charge in [-0.05, 0) is 65.2 Å². The summed E-state index contributed by atoms with van der Waals surface area (Å²) in [5.41, 5.74) is 3.41. The Labute approximate surface area is 250 Å². The van der Waals surface area contributed by atoms with Gasteiger partial charge in [0.2, 0.25) is 5.91 Å². The molecule has 8 nitrogen and oxygen atoms in total. The van der Waals surface area contributed by atoms with Gasteiger partial charge in [0.05, 0.1) is 25.2 Å². The van der Waals surface area contributed by atoms with Gasteiger partial charge in [-0.1, -0.05) is 66.7 Å². The summed E-state index contributed by atoms with van der Waals surface area (Å²) in [5.74, 6) is 0.0206. The first-order valence-corrected chi connectivity index (χ1v) is 13.8. The molecule has 8 heteroatoms. The number of hydrogen-bond acceptors (Lipinski definition) is 7. The van der Waals surface area contributed by atoms with Crippen LogP contribution in [0.15, 0.2) is 128 Å². The number of phenols is 1. The second-order valence-corrected chi connectivity index (χ2v) is 9.81. The molecule has 2 heterocycles. The second kappa shape index (κ2) is 13.9. The highest BCUT2D eigenvalue weighted by Gasteiger charge is 2.35. The highest BCUT2D eigenvalue weighted by atomic mass is 16.5. The van der Waals surface area contributed by atoms with Crippen LogP contribution in [0.4, 0.5) is 11.5 Å². The summed E-state index contributed by atoms with van der Waals surface area (Å²) in [6.45, 7) is 0. The maximum Gasteiger partial charge on any atom is 0.248 e. The van der Waals surface area contributed by atoms with Crippen molar-refractivity contribution in [2.75, 3.05) is 17.7 Å². The Morgan fingerprint density at radius 2 is 1.58 bits per heavy atom. The van der Waals surface area contributed by atoms with Gasteiger partial charge in [0.25, 0.3) is 0 Å². The lowest BCUT2D eigenvalue weighted by molar-refractivity contribution is -0.111. The number of anilines is 2. The van der Waals surface area contributed by atoms with E-state index < -0.39 is 18.1 Å². The number of hydrogen-bond donors (Lipinski definition) is 4.